The van der Waals surface area contributed by atoms with E-state index in [9.17, 15) is 9.90 Å². The van der Waals surface area contributed by atoms with Crippen molar-refractivity contribution in [1.29, 1.82) is 0 Å². The normalized spacial score (nSPS) is 22.7. The first-order valence-electron chi connectivity index (χ1n) is 9.19. The van der Waals surface area contributed by atoms with E-state index in [2.05, 4.69) is 10.2 Å². The van der Waals surface area contributed by atoms with E-state index in [4.69, 9.17) is 4.74 Å². The first-order valence-corrected chi connectivity index (χ1v) is 9.19. The number of hydrogen-bond acceptors (Lipinski definition) is 4. The lowest BCUT2D eigenvalue weighted by molar-refractivity contribution is 0.0298. The van der Waals surface area contributed by atoms with Crippen LogP contribution in [0.25, 0.3) is 0 Å². The van der Waals surface area contributed by atoms with Crippen LogP contribution in [0.4, 0.5) is 10.5 Å². The molecule has 2 heterocycles. The second kappa shape index (κ2) is 8.06. The first kappa shape index (κ1) is 18.0. The van der Waals surface area contributed by atoms with Gasteiger partial charge in [0.05, 0.1) is 13.2 Å². The third kappa shape index (κ3) is 4.44. The number of ether oxygens (including phenoxy) is 1. The van der Waals surface area contributed by atoms with Gasteiger partial charge in [-0.2, -0.15) is 0 Å². The van der Waals surface area contributed by atoms with Crippen molar-refractivity contribution >= 4 is 11.7 Å². The number of likely N-dealkylation sites (tertiary alicyclic amines) is 2. The van der Waals surface area contributed by atoms with E-state index < -0.39 is 0 Å². The minimum absolute atomic E-state index is 0.0477. The van der Waals surface area contributed by atoms with Crippen molar-refractivity contribution in [3.8, 4) is 5.75 Å². The lowest BCUT2D eigenvalue weighted by atomic mass is 9.99. The molecular weight excluding hydrogens is 318 g/mol. The van der Waals surface area contributed by atoms with E-state index in [1.54, 1.807) is 7.11 Å². The largest absolute Gasteiger partial charge is 0.497 e. The summed E-state index contributed by atoms with van der Waals surface area (Å²) in [5, 5.41) is 12.9. The average molecular weight is 347 g/mol. The summed E-state index contributed by atoms with van der Waals surface area (Å²) >= 11 is 0. The minimum atomic E-state index is -0.189. The predicted molar refractivity (Wildman–Crippen MR) is 98.2 cm³/mol. The highest BCUT2D eigenvalue weighted by molar-refractivity contribution is 5.90. The molecule has 1 atom stereocenters. The van der Waals surface area contributed by atoms with E-state index >= 15 is 0 Å². The number of aryl methyl sites for hydroxylation is 1. The molecule has 6 heteroatoms. The molecule has 0 unspecified atom stereocenters. The quantitative estimate of drug-likeness (QED) is 0.882. The summed E-state index contributed by atoms with van der Waals surface area (Å²) in [5.74, 6) is 0.739. The number of aliphatic hydroxyl groups excluding tert-OH is 1. The Morgan fingerprint density at radius 2 is 2.00 bits per heavy atom. The highest BCUT2D eigenvalue weighted by Crippen LogP contribution is 2.24. The van der Waals surface area contributed by atoms with E-state index in [1.165, 1.54) is 0 Å². The SMILES string of the molecule is COc1ccc(C)c(NC(=O)N2CCC(N3CCC[C@@H](O)C3)CC2)c1. The number of urea groups is 1. The van der Waals surface area contributed by atoms with Crippen molar-refractivity contribution in [3.63, 3.8) is 0 Å². The summed E-state index contributed by atoms with van der Waals surface area (Å²) in [6.45, 7) is 5.33. The fourth-order valence-corrected chi connectivity index (χ4v) is 3.81. The maximum atomic E-state index is 12.6. The summed E-state index contributed by atoms with van der Waals surface area (Å²) < 4.78 is 5.24. The molecule has 1 aromatic rings. The van der Waals surface area contributed by atoms with Crippen LogP contribution < -0.4 is 10.1 Å². The smallest absolute Gasteiger partial charge is 0.321 e. The molecule has 2 N–H and O–H groups in total. The highest BCUT2D eigenvalue weighted by atomic mass is 16.5. The molecule has 0 spiro atoms. The molecule has 0 bridgehead atoms. The number of piperidine rings is 2. The Morgan fingerprint density at radius 3 is 2.68 bits per heavy atom. The zero-order valence-corrected chi connectivity index (χ0v) is 15.2. The van der Waals surface area contributed by atoms with E-state index in [-0.39, 0.29) is 12.1 Å². The van der Waals surface area contributed by atoms with Gasteiger partial charge in [-0.05, 0) is 50.8 Å². The number of hydrogen-bond donors (Lipinski definition) is 2. The van der Waals surface area contributed by atoms with E-state index in [0.29, 0.717) is 6.04 Å². The number of carbonyl (C=O) groups is 1. The van der Waals surface area contributed by atoms with Crippen LogP contribution in [0.2, 0.25) is 0 Å². The van der Waals surface area contributed by atoms with Crippen LogP contribution in [-0.4, -0.2) is 66.4 Å². The molecule has 2 saturated heterocycles. The van der Waals surface area contributed by atoms with Crippen molar-refractivity contribution in [1.82, 2.24) is 9.80 Å². The Bertz CT molecular complexity index is 600. The molecule has 0 saturated carbocycles. The molecule has 6 nitrogen and oxygen atoms in total. The number of rotatable bonds is 3. The Kier molecular flexibility index (Phi) is 5.81. The summed E-state index contributed by atoms with van der Waals surface area (Å²) in [5.41, 5.74) is 1.82. The van der Waals surface area contributed by atoms with Crippen molar-refractivity contribution in [2.45, 2.75) is 44.8 Å². The average Bonchev–Trinajstić information content (AvgIpc) is 2.63. The molecule has 138 valence electrons. The number of nitrogens with zero attached hydrogens (tertiary/aromatic N) is 2. The third-order valence-electron chi connectivity index (χ3n) is 5.38. The Balaban J connectivity index is 1.53. The second-order valence-corrected chi connectivity index (χ2v) is 7.12. The molecule has 2 amide bonds. The lowest BCUT2D eigenvalue weighted by Gasteiger charge is -2.41. The van der Waals surface area contributed by atoms with Gasteiger partial charge < -0.3 is 20.1 Å². The molecule has 2 aliphatic rings. The Morgan fingerprint density at radius 1 is 1.24 bits per heavy atom. The predicted octanol–water partition coefficient (Wildman–Crippen LogP) is 2.46. The summed E-state index contributed by atoms with van der Waals surface area (Å²) in [4.78, 5) is 16.9. The van der Waals surface area contributed by atoms with Crippen molar-refractivity contribution in [3.05, 3.63) is 23.8 Å². The van der Waals surface area contributed by atoms with Gasteiger partial charge in [0.2, 0.25) is 0 Å². The van der Waals surface area contributed by atoms with Gasteiger partial charge in [-0.1, -0.05) is 6.07 Å². The van der Waals surface area contributed by atoms with Gasteiger partial charge in [0, 0.05) is 37.4 Å². The van der Waals surface area contributed by atoms with Crippen LogP contribution in [0.3, 0.4) is 0 Å². The van der Waals surface area contributed by atoms with Gasteiger partial charge in [-0.25, -0.2) is 4.79 Å². The second-order valence-electron chi connectivity index (χ2n) is 7.12. The molecule has 2 fully saturated rings. The number of carbonyl (C=O) groups excluding carboxylic acids is 1. The number of nitrogens with one attached hydrogen (secondary N) is 1. The van der Waals surface area contributed by atoms with Gasteiger partial charge >= 0.3 is 6.03 Å². The van der Waals surface area contributed by atoms with Crippen LogP contribution in [0, 0.1) is 6.92 Å². The number of aliphatic hydroxyl groups is 1. The molecule has 1 aromatic carbocycles. The molecule has 2 aliphatic heterocycles. The third-order valence-corrected chi connectivity index (χ3v) is 5.38. The minimum Gasteiger partial charge on any atom is -0.497 e. The van der Waals surface area contributed by atoms with Gasteiger partial charge in [-0.15, -0.1) is 0 Å². The van der Waals surface area contributed by atoms with Gasteiger partial charge in [0.1, 0.15) is 5.75 Å². The van der Waals surface area contributed by atoms with Crippen LogP contribution in [0.1, 0.15) is 31.2 Å². The van der Waals surface area contributed by atoms with Crippen molar-refractivity contribution in [2.75, 3.05) is 38.6 Å². The Labute approximate surface area is 149 Å². The number of anilines is 1. The summed E-state index contributed by atoms with van der Waals surface area (Å²) in [6.07, 6.45) is 3.73. The molecule has 25 heavy (non-hydrogen) atoms. The zero-order valence-electron chi connectivity index (χ0n) is 15.2. The van der Waals surface area contributed by atoms with Crippen LogP contribution in [0.5, 0.6) is 5.75 Å². The zero-order chi connectivity index (χ0) is 17.8. The molecule has 0 aromatic heterocycles. The Hall–Kier alpha value is -1.79. The summed E-state index contributed by atoms with van der Waals surface area (Å²) in [6, 6.07) is 6.13. The molecule has 3 rings (SSSR count). The monoisotopic (exact) mass is 347 g/mol. The lowest BCUT2D eigenvalue weighted by Crippen LogP contribution is -2.51. The highest BCUT2D eigenvalue weighted by Gasteiger charge is 2.29. The van der Waals surface area contributed by atoms with Crippen LogP contribution >= 0.6 is 0 Å². The van der Waals surface area contributed by atoms with Crippen LogP contribution in [0.15, 0.2) is 18.2 Å². The maximum absolute atomic E-state index is 12.6. The van der Waals surface area contributed by atoms with Gasteiger partial charge in [-0.3, -0.25) is 4.90 Å². The molecule has 0 radical (unpaired) electrons. The van der Waals surface area contributed by atoms with Crippen LogP contribution in [-0.2, 0) is 0 Å². The van der Waals surface area contributed by atoms with E-state index in [0.717, 1.165) is 68.9 Å². The first-order chi connectivity index (χ1) is 12.1. The number of amides is 2. The number of benzene rings is 1. The van der Waals surface area contributed by atoms with Crippen molar-refractivity contribution < 1.29 is 14.6 Å². The molecular formula is C19H29N3O3. The van der Waals surface area contributed by atoms with E-state index in [1.807, 2.05) is 30.0 Å². The molecule has 0 aliphatic carbocycles. The number of β-amino-alcohol motifs (C(OH)–C–C–N with tert-alkyl or cyclic N) is 1. The van der Waals surface area contributed by atoms with Gasteiger partial charge in [0.25, 0.3) is 0 Å². The standard InChI is InChI=1S/C19H29N3O3/c1-14-5-6-17(25-2)12-18(14)20-19(24)21-10-7-15(8-11-21)22-9-3-4-16(23)13-22/h5-6,12,15-16,23H,3-4,7-11,13H2,1-2H3,(H,20,24)/t16-/m1/s1. The maximum Gasteiger partial charge on any atom is 0.321 e. The van der Waals surface area contributed by atoms with Crippen molar-refractivity contribution in [2.24, 2.45) is 0 Å². The number of methoxy groups -OCH3 is 1. The topological polar surface area (TPSA) is 65.0 Å². The fraction of sp³-hybridized carbons (Fsp3) is 0.632. The van der Waals surface area contributed by atoms with Gasteiger partial charge in [0.15, 0.2) is 0 Å². The summed E-state index contributed by atoms with van der Waals surface area (Å²) in [7, 11) is 1.62. The fourth-order valence-electron chi connectivity index (χ4n) is 3.81.